The molecule has 2 amide bonds. The van der Waals surface area contributed by atoms with Crippen molar-refractivity contribution in [2.45, 2.75) is 44.0 Å². The average Bonchev–Trinajstić information content (AvgIpc) is 2.76. The van der Waals surface area contributed by atoms with Gasteiger partial charge in [-0.05, 0) is 48.6 Å². The number of nitrogens with zero attached hydrogens (tertiary/aromatic N) is 1. The molecule has 1 aliphatic heterocycles. The van der Waals surface area contributed by atoms with Gasteiger partial charge in [-0.2, -0.15) is 0 Å². The van der Waals surface area contributed by atoms with E-state index in [0.717, 1.165) is 17.7 Å². The van der Waals surface area contributed by atoms with Crippen LogP contribution < -0.4 is 10.2 Å². The van der Waals surface area contributed by atoms with E-state index in [1.807, 2.05) is 6.07 Å². The lowest BCUT2D eigenvalue weighted by Crippen LogP contribution is -2.43. The Hall–Kier alpha value is -2.60. The Kier molecular flexibility index (Phi) is 6.19. The molecular weight excluding hydrogens is 411 g/mol. The molecule has 2 aliphatic rings. The summed E-state index contributed by atoms with van der Waals surface area (Å²) in [7, 11) is 1.68. The quantitative estimate of drug-likeness (QED) is 0.645. The molecule has 1 heterocycles. The Morgan fingerprint density at radius 3 is 2.74 bits per heavy atom. The lowest BCUT2D eigenvalue weighted by Gasteiger charge is -2.34. The molecule has 2 aromatic rings. The number of carbonyl (C=O) groups is 2. The van der Waals surface area contributed by atoms with Gasteiger partial charge in [0.1, 0.15) is 5.82 Å². The second-order valence-corrected chi connectivity index (χ2v) is 9.61. The van der Waals surface area contributed by atoms with Crippen LogP contribution in [0.25, 0.3) is 6.08 Å². The van der Waals surface area contributed by atoms with Crippen LogP contribution in [0.2, 0.25) is 0 Å². The standard InChI is InChI=1S/C25H27FN2O2S/c1-15-7-6-10-20(16(15)2)27-24(29)18-11-12-22-21(13-18)28(3)25(30)23(31-22)14-17-8-4-5-9-19(17)26/h4-5,8-9,11-16,20H,6-7,10H2,1-3H3,(H,27,29)/b23-14-/t15-,16-,20+/m1/s1. The summed E-state index contributed by atoms with van der Waals surface area (Å²) in [4.78, 5) is 28.6. The van der Waals surface area contributed by atoms with E-state index in [2.05, 4.69) is 19.2 Å². The fourth-order valence-corrected chi connectivity index (χ4v) is 5.39. The average molecular weight is 439 g/mol. The highest BCUT2D eigenvalue weighted by molar-refractivity contribution is 8.04. The maximum absolute atomic E-state index is 14.0. The van der Waals surface area contributed by atoms with Crippen LogP contribution in [0.4, 0.5) is 10.1 Å². The van der Waals surface area contributed by atoms with Gasteiger partial charge in [0.15, 0.2) is 0 Å². The van der Waals surface area contributed by atoms with Crippen molar-refractivity contribution < 1.29 is 14.0 Å². The molecule has 1 fully saturated rings. The van der Waals surface area contributed by atoms with E-state index in [1.54, 1.807) is 43.5 Å². The van der Waals surface area contributed by atoms with Crippen molar-refractivity contribution in [2.75, 3.05) is 11.9 Å². The summed E-state index contributed by atoms with van der Waals surface area (Å²) in [6.45, 7) is 4.44. The normalized spacial score (nSPS) is 24.8. The fourth-order valence-electron chi connectivity index (χ4n) is 4.31. The van der Waals surface area contributed by atoms with Crippen molar-refractivity contribution in [2.24, 2.45) is 11.8 Å². The molecule has 0 bridgehead atoms. The maximum Gasteiger partial charge on any atom is 0.264 e. The third-order valence-electron chi connectivity index (χ3n) is 6.53. The first-order valence-corrected chi connectivity index (χ1v) is 11.5. The molecule has 0 unspecified atom stereocenters. The van der Waals surface area contributed by atoms with Gasteiger partial charge in [0, 0.05) is 29.1 Å². The van der Waals surface area contributed by atoms with Gasteiger partial charge in [0.05, 0.1) is 10.6 Å². The summed E-state index contributed by atoms with van der Waals surface area (Å²) < 4.78 is 14.0. The Bertz CT molecular complexity index is 1050. The van der Waals surface area contributed by atoms with Crippen molar-refractivity contribution in [1.29, 1.82) is 0 Å². The molecule has 0 aromatic heterocycles. The molecule has 0 spiro atoms. The highest BCUT2D eigenvalue weighted by atomic mass is 32.2. The van der Waals surface area contributed by atoms with Crippen LogP contribution in [0.15, 0.2) is 52.3 Å². The largest absolute Gasteiger partial charge is 0.349 e. The predicted octanol–water partition coefficient (Wildman–Crippen LogP) is 5.49. The summed E-state index contributed by atoms with van der Waals surface area (Å²) in [5.41, 5.74) is 1.62. The van der Waals surface area contributed by atoms with E-state index < -0.39 is 0 Å². The lowest BCUT2D eigenvalue weighted by molar-refractivity contribution is -0.114. The van der Waals surface area contributed by atoms with Gasteiger partial charge in [-0.25, -0.2) is 4.39 Å². The zero-order chi connectivity index (χ0) is 22.1. The van der Waals surface area contributed by atoms with E-state index in [4.69, 9.17) is 0 Å². The van der Waals surface area contributed by atoms with Crippen LogP contribution in [0.5, 0.6) is 0 Å². The Morgan fingerprint density at radius 2 is 1.97 bits per heavy atom. The first kappa shape index (κ1) is 21.6. The molecule has 4 rings (SSSR count). The smallest absolute Gasteiger partial charge is 0.264 e. The van der Waals surface area contributed by atoms with E-state index in [-0.39, 0.29) is 23.7 Å². The number of benzene rings is 2. The van der Waals surface area contributed by atoms with Crippen LogP contribution in [0, 0.1) is 17.7 Å². The zero-order valence-corrected chi connectivity index (χ0v) is 18.8. The molecule has 1 N–H and O–H groups in total. The van der Waals surface area contributed by atoms with Gasteiger partial charge in [-0.15, -0.1) is 0 Å². The Balaban J connectivity index is 1.56. The van der Waals surface area contributed by atoms with E-state index >= 15 is 0 Å². The molecule has 0 saturated heterocycles. The van der Waals surface area contributed by atoms with Gasteiger partial charge in [-0.3, -0.25) is 9.59 Å². The van der Waals surface area contributed by atoms with Gasteiger partial charge >= 0.3 is 0 Å². The second-order valence-electron chi connectivity index (χ2n) is 8.53. The number of fused-ring (bicyclic) bond motifs is 1. The molecular formula is C25H27FN2O2S. The Morgan fingerprint density at radius 1 is 1.19 bits per heavy atom. The third-order valence-corrected chi connectivity index (χ3v) is 7.61. The van der Waals surface area contributed by atoms with Crippen LogP contribution in [-0.2, 0) is 4.79 Å². The summed E-state index contributed by atoms with van der Waals surface area (Å²) in [5, 5.41) is 3.19. The van der Waals surface area contributed by atoms with Crippen molar-refractivity contribution in [1.82, 2.24) is 5.32 Å². The van der Waals surface area contributed by atoms with E-state index in [9.17, 15) is 14.0 Å². The minimum atomic E-state index is -0.366. The number of thioether (sulfide) groups is 1. The Labute approximate surface area is 186 Å². The van der Waals surface area contributed by atoms with Crippen LogP contribution >= 0.6 is 11.8 Å². The fraction of sp³-hybridized carbons (Fsp3) is 0.360. The number of halogens is 1. The SMILES string of the molecule is C[C@@H]1[C@H](C)CCC[C@@H]1NC(=O)c1ccc2c(c1)N(C)C(=O)/C(=C/c1ccccc1F)S2. The number of likely N-dealkylation sites (N-methyl/N-ethyl adjacent to an activating group) is 1. The lowest BCUT2D eigenvalue weighted by atomic mass is 9.78. The summed E-state index contributed by atoms with van der Waals surface area (Å²) >= 11 is 1.30. The summed E-state index contributed by atoms with van der Waals surface area (Å²) in [6.07, 6.45) is 4.92. The molecule has 6 heteroatoms. The monoisotopic (exact) mass is 438 g/mol. The molecule has 1 saturated carbocycles. The van der Waals surface area contributed by atoms with Crippen LogP contribution in [0.3, 0.4) is 0 Å². The van der Waals surface area contributed by atoms with Gasteiger partial charge in [-0.1, -0.05) is 56.7 Å². The van der Waals surface area contributed by atoms with Gasteiger partial charge in [0.25, 0.3) is 11.8 Å². The number of amides is 2. The number of anilines is 1. The minimum absolute atomic E-state index is 0.104. The van der Waals surface area contributed by atoms with Gasteiger partial charge in [0.2, 0.25) is 0 Å². The van der Waals surface area contributed by atoms with Crippen molar-refractivity contribution in [3.8, 4) is 0 Å². The van der Waals surface area contributed by atoms with Gasteiger partial charge < -0.3 is 10.2 Å². The first-order chi connectivity index (χ1) is 14.8. The summed E-state index contributed by atoms with van der Waals surface area (Å²) in [5.74, 6) is 0.360. The molecule has 162 valence electrons. The number of carbonyl (C=O) groups excluding carboxylic acids is 2. The number of hydrogen-bond donors (Lipinski definition) is 1. The van der Waals surface area contributed by atoms with Crippen molar-refractivity contribution in [3.63, 3.8) is 0 Å². The molecule has 4 nitrogen and oxygen atoms in total. The maximum atomic E-state index is 14.0. The molecule has 0 radical (unpaired) electrons. The molecule has 3 atom stereocenters. The molecule has 2 aromatic carbocycles. The van der Waals surface area contributed by atoms with E-state index in [1.165, 1.54) is 29.1 Å². The second kappa shape index (κ2) is 8.87. The summed E-state index contributed by atoms with van der Waals surface area (Å²) in [6, 6.07) is 12.0. The highest BCUT2D eigenvalue weighted by Gasteiger charge is 2.30. The van der Waals surface area contributed by atoms with Crippen LogP contribution in [0.1, 0.15) is 49.0 Å². The first-order valence-electron chi connectivity index (χ1n) is 10.7. The van der Waals surface area contributed by atoms with E-state index in [0.29, 0.717) is 33.6 Å². The number of nitrogens with one attached hydrogen (secondary N) is 1. The zero-order valence-electron chi connectivity index (χ0n) is 18.0. The topological polar surface area (TPSA) is 49.4 Å². The number of hydrogen-bond acceptors (Lipinski definition) is 3. The minimum Gasteiger partial charge on any atom is -0.349 e. The van der Waals surface area contributed by atoms with Crippen molar-refractivity contribution >= 4 is 35.3 Å². The molecule has 1 aliphatic carbocycles. The predicted molar refractivity (Wildman–Crippen MR) is 124 cm³/mol. The van der Waals surface area contributed by atoms with Crippen molar-refractivity contribution in [3.05, 3.63) is 64.3 Å². The highest BCUT2D eigenvalue weighted by Crippen LogP contribution is 2.42. The third kappa shape index (κ3) is 4.40. The van der Waals surface area contributed by atoms with Crippen LogP contribution in [-0.4, -0.2) is 24.9 Å². The molecule has 31 heavy (non-hydrogen) atoms. The number of rotatable bonds is 3.